The molecule has 0 aromatic heterocycles. The van der Waals surface area contributed by atoms with Crippen LogP contribution in [0.5, 0.6) is 5.75 Å². The van der Waals surface area contributed by atoms with Crippen molar-refractivity contribution in [3.63, 3.8) is 0 Å². The number of hydrogen-bond donors (Lipinski definition) is 0. The average Bonchev–Trinajstić information content (AvgIpc) is 2.44. The molecule has 20 heavy (non-hydrogen) atoms. The number of ether oxygens (including phenoxy) is 1. The molecular formula is C16H17BrFNO. The van der Waals surface area contributed by atoms with Gasteiger partial charge >= 0.3 is 0 Å². The third-order valence-corrected chi connectivity index (χ3v) is 3.84. The van der Waals surface area contributed by atoms with Gasteiger partial charge in [-0.3, -0.25) is 0 Å². The van der Waals surface area contributed by atoms with Gasteiger partial charge in [-0.2, -0.15) is 0 Å². The summed E-state index contributed by atoms with van der Waals surface area (Å²) in [5.74, 6) is 0.263. The highest BCUT2D eigenvalue weighted by Gasteiger charge is 2.19. The fraction of sp³-hybridized carbons (Fsp3) is 0.250. The van der Waals surface area contributed by atoms with E-state index in [4.69, 9.17) is 4.74 Å². The minimum atomic E-state index is -0.295. The van der Waals surface area contributed by atoms with Gasteiger partial charge in [0.05, 0.1) is 12.3 Å². The molecule has 1 aliphatic heterocycles. The molecule has 1 heterocycles. The molecule has 106 valence electrons. The summed E-state index contributed by atoms with van der Waals surface area (Å²) in [6.45, 7) is 6.57. The lowest BCUT2D eigenvalue weighted by atomic mass is 10.1. The predicted octanol–water partition coefficient (Wildman–Crippen LogP) is 4.69. The van der Waals surface area contributed by atoms with Crippen LogP contribution in [0.2, 0.25) is 0 Å². The summed E-state index contributed by atoms with van der Waals surface area (Å²) in [5.41, 5.74) is 2.11. The number of benzene rings is 1. The topological polar surface area (TPSA) is 12.5 Å². The molecule has 0 bridgehead atoms. The zero-order valence-corrected chi connectivity index (χ0v) is 13.2. The van der Waals surface area contributed by atoms with Crippen molar-refractivity contribution in [3.05, 3.63) is 58.5 Å². The Morgan fingerprint density at radius 1 is 1.35 bits per heavy atom. The van der Waals surface area contributed by atoms with Crippen LogP contribution in [0.15, 0.2) is 47.1 Å². The van der Waals surface area contributed by atoms with Crippen molar-refractivity contribution in [1.82, 2.24) is 4.90 Å². The molecule has 1 aliphatic rings. The van der Waals surface area contributed by atoms with Gasteiger partial charge in [-0.15, -0.1) is 0 Å². The Bertz CT molecular complexity index is 592. The number of rotatable bonds is 4. The molecule has 1 aromatic rings. The maximum Gasteiger partial charge on any atom is 0.136 e. The molecule has 2 nitrogen and oxygen atoms in total. The molecule has 4 heteroatoms. The summed E-state index contributed by atoms with van der Waals surface area (Å²) in [7, 11) is 1.86. The van der Waals surface area contributed by atoms with Gasteiger partial charge in [0.25, 0.3) is 0 Å². The lowest BCUT2D eigenvalue weighted by molar-refractivity contribution is 0.315. The molecule has 0 atom stereocenters. The Morgan fingerprint density at radius 3 is 2.75 bits per heavy atom. The van der Waals surface area contributed by atoms with E-state index in [9.17, 15) is 4.39 Å². The third-order valence-electron chi connectivity index (χ3n) is 3.12. The lowest BCUT2D eigenvalue weighted by Crippen LogP contribution is -2.18. The SMILES string of the molecule is C=C1C(Br)=CC=C(c2ccc(OCCC)cc2F)N1C. The van der Waals surface area contributed by atoms with E-state index in [0.29, 0.717) is 17.9 Å². The highest BCUT2D eigenvalue weighted by atomic mass is 79.9. The molecule has 2 rings (SSSR count). The van der Waals surface area contributed by atoms with E-state index >= 15 is 0 Å². The van der Waals surface area contributed by atoms with Crippen molar-refractivity contribution in [3.8, 4) is 5.75 Å². The summed E-state index contributed by atoms with van der Waals surface area (Å²) < 4.78 is 20.6. The number of likely N-dealkylation sites (N-methyl/N-ethyl adjacent to an activating group) is 1. The Hall–Kier alpha value is -1.55. The normalized spacial score (nSPS) is 15.0. The second-order valence-corrected chi connectivity index (χ2v) is 5.42. The molecule has 0 unspecified atom stereocenters. The highest BCUT2D eigenvalue weighted by molar-refractivity contribution is 9.12. The zero-order valence-electron chi connectivity index (χ0n) is 11.6. The lowest BCUT2D eigenvalue weighted by Gasteiger charge is -2.28. The molecule has 0 spiro atoms. The van der Waals surface area contributed by atoms with Crippen molar-refractivity contribution in [1.29, 1.82) is 0 Å². The van der Waals surface area contributed by atoms with Gasteiger partial charge in [0, 0.05) is 28.9 Å². The molecule has 0 radical (unpaired) electrons. The first-order valence-corrected chi connectivity index (χ1v) is 7.27. The fourth-order valence-electron chi connectivity index (χ4n) is 1.95. The number of nitrogens with zero attached hydrogens (tertiary/aromatic N) is 1. The van der Waals surface area contributed by atoms with Crippen LogP contribution in [0, 0.1) is 5.82 Å². The molecule has 1 aromatic carbocycles. The van der Waals surface area contributed by atoms with Gasteiger partial charge in [-0.05, 0) is 46.6 Å². The zero-order chi connectivity index (χ0) is 14.7. The standard InChI is InChI=1S/C16H17BrFNO/c1-4-9-20-12-5-6-13(15(18)10-12)16-8-7-14(17)11(2)19(16)3/h5-8,10H,2,4,9H2,1,3H3. The van der Waals surface area contributed by atoms with Gasteiger partial charge < -0.3 is 9.64 Å². The first-order valence-electron chi connectivity index (χ1n) is 6.47. The Kier molecular flexibility index (Phi) is 4.65. The van der Waals surface area contributed by atoms with Crippen LogP contribution in [0.4, 0.5) is 4.39 Å². The first-order chi connectivity index (χ1) is 9.54. The number of halogens is 2. The largest absolute Gasteiger partial charge is 0.494 e. The monoisotopic (exact) mass is 337 g/mol. The van der Waals surface area contributed by atoms with E-state index in [0.717, 1.165) is 22.3 Å². The smallest absolute Gasteiger partial charge is 0.136 e. The van der Waals surface area contributed by atoms with Crippen LogP contribution in [-0.2, 0) is 0 Å². The van der Waals surface area contributed by atoms with E-state index < -0.39 is 0 Å². The van der Waals surface area contributed by atoms with Crippen LogP contribution >= 0.6 is 15.9 Å². The van der Waals surface area contributed by atoms with E-state index in [1.807, 2.05) is 31.0 Å². The molecule has 0 amide bonds. The molecule has 0 fully saturated rings. The van der Waals surface area contributed by atoms with Crippen molar-refractivity contribution in [2.24, 2.45) is 0 Å². The van der Waals surface area contributed by atoms with Crippen LogP contribution in [0.1, 0.15) is 18.9 Å². The van der Waals surface area contributed by atoms with E-state index in [1.54, 1.807) is 12.1 Å². The van der Waals surface area contributed by atoms with Crippen LogP contribution in [0.25, 0.3) is 5.70 Å². The van der Waals surface area contributed by atoms with Crippen molar-refractivity contribution < 1.29 is 9.13 Å². The molecule has 0 N–H and O–H groups in total. The third kappa shape index (κ3) is 2.96. The summed E-state index contributed by atoms with van der Waals surface area (Å²) in [6.07, 6.45) is 4.64. The van der Waals surface area contributed by atoms with Gasteiger partial charge in [0.1, 0.15) is 11.6 Å². The summed E-state index contributed by atoms with van der Waals surface area (Å²) >= 11 is 3.41. The van der Waals surface area contributed by atoms with Gasteiger partial charge in [-0.25, -0.2) is 4.39 Å². The highest BCUT2D eigenvalue weighted by Crippen LogP contribution is 2.33. The quantitative estimate of drug-likeness (QED) is 0.789. The molecule has 0 aliphatic carbocycles. The minimum absolute atomic E-state index is 0.295. The first kappa shape index (κ1) is 14.9. The van der Waals surface area contributed by atoms with Crippen LogP contribution in [0.3, 0.4) is 0 Å². The average molecular weight is 338 g/mol. The molecule has 0 saturated heterocycles. The van der Waals surface area contributed by atoms with Gasteiger partial charge in [-0.1, -0.05) is 13.5 Å². The van der Waals surface area contributed by atoms with Crippen molar-refractivity contribution in [2.75, 3.05) is 13.7 Å². The van der Waals surface area contributed by atoms with Gasteiger partial charge in [0.2, 0.25) is 0 Å². The summed E-state index contributed by atoms with van der Waals surface area (Å²) in [4.78, 5) is 1.86. The summed E-state index contributed by atoms with van der Waals surface area (Å²) in [6, 6.07) is 4.96. The van der Waals surface area contributed by atoms with Crippen LogP contribution in [-0.4, -0.2) is 18.6 Å². The van der Waals surface area contributed by atoms with E-state index in [1.165, 1.54) is 6.07 Å². The van der Waals surface area contributed by atoms with Crippen molar-refractivity contribution in [2.45, 2.75) is 13.3 Å². The van der Waals surface area contributed by atoms with Crippen molar-refractivity contribution >= 4 is 21.6 Å². The Labute approximate surface area is 127 Å². The minimum Gasteiger partial charge on any atom is -0.494 e. The molecule has 0 saturated carbocycles. The summed E-state index contributed by atoms with van der Waals surface area (Å²) in [5, 5.41) is 0. The number of allylic oxidation sites excluding steroid dienone is 3. The maximum absolute atomic E-state index is 14.2. The molecular weight excluding hydrogens is 321 g/mol. The van der Waals surface area contributed by atoms with E-state index in [2.05, 4.69) is 22.5 Å². The Balaban J connectivity index is 2.32. The fourth-order valence-corrected chi connectivity index (χ4v) is 2.35. The predicted molar refractivity (Wildman–Crippen MR) is 84.1 cm³/mol. The Morgan fingerprint density at radius 2 is 2.10 bits per heavy atom. The second kappa shape index (κ2) is 6.27. The second-order valence-electron chi connectivity index (χ2n) is 4.56. The number of hydrogen-bond acceptors (Lipinski definition) is 2. The van der Waals surface area contributed by atoms with E-state index in [-0.39, 0.29) is 5.82 Å². The maximum atomic E-state index is 14.2. The van der Waals surface area contributed by atoms with Crippen LogP contribution < -0.4 is 4.74 Å². The van der Waals surface area contributed by atoms with Gasteiger partial charge in [0.15, 0.2) is 0 Å².